The highest BCUT2D eigenvalue weighted by atomic mass is 15.1. The minimum Gasteiger partial charge on any atom is -0.310 e. The van der Waals surface area contributed by atoms with E-state index in [-0.39, 0.29) is 0 Å². The summed E-state index contributed by atoms with van der Waals surface area (Å²) in [5, 5.41) is 9.39. The molecule has 54 heavy (non-hydrogen) atoms. The molecule has 11 rings (SSSR count). The first-order chi connectivity index (χ1) is 26.8. The van der Waals surface area contributed by atoms with Gasteiger partial charge in [0.2, 0.25) is 0 Å². The van der Waals surface area contributed by atoms with Gasteiger partial charge in [-0.2, -0.15) is 0 Å². The number of benzene rings is 9. The van der Waals surface area contributed by atoms with Crippen molar-refractivity contribution in [2.24, 2.45) is 0 Å². The number of rotatable bonds is 5. The van der Waals surface area contributed by atoms with Crippen LogP contribution < -0.4 is 4.90 Å². The molecule has 0 saturated carbocycles. The van der Waals surface area contributed by atoms with E-state index in [4.69, 9.17) is 9.97 Å². The Kier molecular flexibility index (Phi) is 6.82. The highest BCUT2D eigenvalue weighted by Gasteiger charge is 2.19. The normalized spacial score (nSPS) is 11.7. The maximum Gasteiger partial charge on any atom is 0.0979 e. The van der Waals surface area contributed by atoms with Gasteiger partial charge in [-0.05, 0) is 70.8 Å². The Bertz CT molecular complexity index is 3130. The molecular formula is C50H32N4. The molecule has 252 valence electrons. The lowest BCUT2D eigenvalue weighted by molar-refractivity contribution is 1.17. The van der Waals surface area contributed by atoms with Crippen molar-refractivity contribution in [2.45, 2.75) is 0 Å². The zero-order valence-corrected chi connectivity index (χ0v) is 29.3. The maximum absolute atomic E-state index is 5.36. The Morgan fingerprint density at radius 2 is 0.889 bits per heavy atom. The molecule has 0 unspecified atom stereocenters. The average Bonchev–Trinajstić information content (AvgIpc) is 3.59. The van der Waals surface area contributed by atoms with Crippen LogP contribution in [0.25, 0.3) is 82.1 Å². The smallest absolute Gasteiger partial charge is 0.0979 e. The van der Waals surface area contributed by atoms with Crippen molar-refractivity contribution in [1.82, 2.24) is 14.5 Å². The Morgan fingerprint density at radius 1 is 0.370 bits per heavy atom. The molecule has 11 aromatic rings. The third-order valence-electron chi connectivity index (χ3n) is 10.8. The Labute approximate surface area is 311 Å². The number of hydrogen-bond donors (Lipinski definition) is 0. The Morgan fingerprint density at radius 3 is 1.57 bits per heavy atom. The van der Waals surface area contributed by atoms with Gasteiger partial charge < -0.3 is 9.47 Å². The molecule has 0 fully saturated rings. The molecular weight excluding hydrogens is 657 g/mol. The fraction of sp³-hybridized carbons (Fsp3) is 0. The highest BCUT2D eigenvalue weighted by molar-refractivity contribution is 6.23. The molecule has 0 radical (unpaired) electrons. The maximum atomic E-state index is 5.36. The molecule has 0 N–H and O–H groups in total. The molecule has 0 aliphatic rings. The van der Waals surface area contributed by atoms with E-state index in [1.807, 2.05) is 6.20 Å². The van der Waals surface area contributed by atoms with Crippen molar-refractivity contribution in [2.75, 3.05) is 4.90 Å². The molecule has 2 heterocycles. The first kappa shape index (κ1) is 30.3. The Hall–Kier alpha value is -7.30. The predicted molar refractivity (Wildman–Crippen MR) is 227 cm³/mol. The van der Waals surface area contributed by atoms with Gasteiger partial charge in [-0.15, -0.1) is 0 Å². The lowest BCUT2D eigenvalue weighted by Crippen LogP contribution is -2.10. The number of hydrogen-bond acceptors (Lipinski definition) is 3. The number of para-hydroxylation sites is 3. The third kappa shape index (κ3) is 4.64. The van der Waals surface area contributed by atoms with Gasteiger partial charge in [-0.25, -0.2) is 4.98 Å². The van der Waals surface area contributed by atoms with Crippen LogP contribution in [0.5, 0.6) is 0 Å². The van der Waals surface area contributed by atoms with Gasteiger partial charge in [0.15, 0.2) is 0 Å². The minimum atomic E-state index is 0.854. The van der Waals surface area contributed by atoms with Crippen molar-refractivity contribution in [3.05, 3.63) is 194 Å². The van der Waals surface area contributed by atoms with E-state index in [1.165, 1.54) is 32.6 Å². The van der Waals surface area contributed by atoms with E-state index in [1.54, 1.807) is 0 Å². The zero-order valence-electron chi connectivity index (χ0n) is 29.3. The van der Waals surface area contributed by atoms with Gasteiger partial charge in [0, 0.05) is 49.6 Å². The van der Waals surface area contributed by atoms with E-state index in [9.17, 15) is 0 Å². The molecule has 4 nitrogen and oxygen atoms in total. The quantitative estimate of drug-likeness (QED) is 0.169. The molecule has 4 heteroatoms. The summed E-state index contributed by atoms with van der Waals surface area (Å²) < 4.78 is 2.36. The van der Waals surface area contributed by atoms with Crippen LogP contribution in [0.4, 0.5) is 17.1 Å². The first-order valence-corrected chi connectivity index (χ1v) is 18.3. The number of fused-ring (bicyclic) bond motifs is 10. The summed E-state index contributed by atoms with van der Waals surface area (Å²) in [6.45, 7) is 0. The van der Waals surface area contributed by atoms with Gasteiger partial charge in [-0.1, -0.05) is 133 Å². The molecule has 0 atom stereocenters. The second-order valence-electron chi connectivity index (χ2n) is 13.8. The van der Waals surface area contributed by atoms with E-state index >= 15 is 0 Å². The van der Waals surface area contributed by atoms with Crippen molar-refractivity contribution < 1.29 is 0 Å². The second-order valence-corrected chi connectivity index (χ2v) is 13.8. The van der Waals surface area contributed by atoms with Crippen LogP contribution in [0.15, 0.2) is 194 Å². The van der Waals surface area contributed by atoms with Crippen LogP contribution in [-0.2, 0) is 0 Å². The van der Waals surface area contributed by atoms with Crippen molar-refractivity contribution >= 4 is 82.2 Å². The van der Waals surface area contributed by atoms with Gasteiger partial charge >= 0.3 is 0 Å². The summed E-state index contributed by atoms with van der Waals surface area (Å²) in [5.41, 5.74) is 10.5. The van der Waals surface area contributed by atoms with Crippen LogP contribution in [0.1, 0.15) is 0 Å². The van der Waals surface area contributed by atoms with Gasteiger partial charge in [-0.3, -0.25) is 4.98 Å². The van der Waals surface area contributed by atoms with Crippen LogP contribution in [0, 0.1) is 0 Å². The standard InChI is InChI=1S/C50H32N4/c1-2-14-33(15-3-1)53(34-28-30-35(31-29-34)54-47-25-10-8-18-41(47)42-19-9-11-26-48(42)54)46-27-13-22-38-39(23-12-24-40(38)46)45-32-51-49-43-20-6-4-16-36(43)37-17-5-7-21-44(37)50(49)52-45/h1-32H. The van der Waals surface area contributed by atoms with Crippen molar-refractivity contribution in [1.29, 1.82) is 0 Å². The minimum absolute atomic E-state index is 0.854. The van der Waals surface area contributed by atoms with E-state index < -0.39 is 0 Å². The molecule has 0 spiro atoms. The summed E-state index contributed by atoms with van der Waals surface area (Å²) in [6.07, 6.45) is 1.94. The fourth-order valence-electron chi connectivity index (χ4n) is 8.42. The predicted octanol–water partition coefficient (Wildman–Crippen LogP) is 13.3. The summed E-state index contributed by atoms with van der Waals surface area (Å²) in [5.74, 6) is 0. The summed E-state index contributed by atoms with van der Waals surface area (Å²) >= 11 is 0. The van der Waals surface area contributed by atoms with Gasteiger partial charge in [0.25, 0.3) is 0 Å². The third-order valence-corrected chi connectivity index (χ3v) is 10.8. The van der Waals surface area contributed by atoms with Crippen molar-refractivity contribution in [3.8, 4) is 16.9 Å². The summed E-state index contributed by atoms with van der Waals surface area (Å²) in [7, 11) is 0. The number of aromatic nitrogens is 3. The number of nitrogens with zero attached hydrogens (tertiary/aromatic N) is 4. The molecule has 9 aromatic carbocycles. The SMILES string of the molecule is c1ccc(N(c2ccc(-n3c4ccccc4c4ccccc43)cc2)c2cccc3c(-c4cnc5c6ccccc6c6ccccc6c5n4)cccc23)cc1. The molecule has 0 aliphatic carbocycles. The fourth-order valence-corrected chi connectivity index (χ4v) is 8.42. The van der Waals surface area contributed by atoms with Gasteiger partial charge in [0.05, 0.1) is 39.6 Å². The van der Waals surface area contributed by atoms with Crippen molar-refractivity contribution in [3.63, 3.8) is 0 Å². The lowest BCUT2D eigenvalue weighted by atomic mass is 9.98. The summed E-state index contributed by atoms with van der Waals surface area (Å²) in [4.78, 5) is 12.8. The van der Waals surface area contributed by atoms with Crippen LogP contribution >= 0.6 is 0 Å². The lowest BCUT2D eigenvalue weighted by Gasteiger charge is -2.27. The van der Waals surface area contributed by atoms with E-state index in [0.29, 0.717) is 0 Å². The largest absolute Gasteiger partial charge is 0.310 e. The van der Waals surface area contributed by atoms with Crippen LogP contribution in [0.2, 0.25) is 0 Å². The monoisotopic (exact) mass is 688 g/mol. The summed E-state index contributed by atoms with van der Waals surface area (Å²) in [6, 6.07) is 67.0. The second kappa shape index (κ2) is 12.1. The Balaban J connectivity index is 1.07. The number of anilines is 3. The van der Waals surface area contributed by atoms with Crippen LogP contribution in [-0.4, -0.2) is 14.5 Å². The molecule has 0 amide bonds. The molecule has 0 bridgehead atoms. The van der Waals surface area contributed by atoms with Gasteiger partial charge in [0.1, 0.15) is 0 Å². The molecule has 0 saturated heterocycles. The first-order valence-electron chi connectivity index (χ1n) is 18.3. The molecule has 2 aromatic heterocycles. The van der Waals surface area contributed by atoms with E-state index in [0.717, 1.165) is 66.6 Å². The highest BCUT2D eigenvalue weighted by Crippen LogP contribution is 2.42. The topological polar surface area (TPSA) is 34.0 Å². The van der Waals surface area contributed by atoms with E-state index in [2.05, 4.69) is 198 Å². The average molecular weight is 689 g/mol. The zero-order chi connectivity index (χ0) is 35.6. The molecule has 0 aliphatic heterocycles. The van der Waals surface area contributed by atoms with Crippen LogP contribution in [0.3, 0.4) is 0 Å².